The number of fused-ring (bicyclic) bond motifs is 1. The SMILES string of the molecule is COc1cc(N2C[C@H]3OC(=O)N(Cc4ccc(OC)c(OC)c4)[C@H]3C2)ncn1. The van der Waals surface area contributed by atoms with Gasteiger partial charge in [0.15, 0.2) is 11.5 Å². The highest BCUT2D eigenvalue weighted by Crippen LogP contribution is 2.33. The molecule has 1 aromatic heterocycles. The van der Waals surface area contributed by atoms with E-state index in [-0.39, 0.29) is 18.2 Å². The summed E-state index contributed by atoms with van der Waals surface area (Å²) in [6, 6.07) is 7.36. The number of methoxy groups -OCH3 is 3. The summed E-state index contributed by atoms with van der Waals surface area (Å²) in [7, 11) is 4.75. The molecule has 0 bridgehead atoms. The Morgan fingerprint density at radius 3 is 2.64 bits per heavy atom. The van der Waals surface area contributed by atoms with E-state index >= 15 is 0 Å². The van der Waals surface area contributed by atoms with Crippen LogP contribution in [0.5, 0.6) is 17.4 Å². The monoisotopic (exact) mass is 386 g/mol. The third-order valence-electron chi connectivity index (χ3n) is 5.09. The highest BCUT2D eigenvalue weighted by atomic mass is 16.6. The summed E-state index contributed by atoms with van der Waals surface area (Å²) < 4.78 is 21.4. The zero-order valence-electron chi connectivity index (χ0n) is 16.0. The number of carbonyl (C=O) groups excluding carboxylic acids is 1. The van der Waals surface area contributed by atoms with Gasteiger partial charge in [-0.3, -0.25) is 4.90 Å². The number of nitrogens with zero attached hydrogens (tertiary/aromatic N) is 4. The Balaban J connectivity index is 1.51. The van der Waals surface area contributed by atoms with Crippen molar-refractivity contribution in [2.24, 2.45) is 0 Å². The Bertz CT molecular complexity index is 877. The van der Waals surface area contributed by atoms with Crippen LogP contribution < -0.4 is 19.1 Å². The average molecular weight is 386 g/mol. The van der Waals surface area contributed by atoms with Gasteiger partial charge in [0.05, 0.1) is 33.9 Å². The molecule has 0 saturated carbocycles. The lowest BCUT2D eigenvalue weighted by atomic mass is 10.1. The van der Waals surface area contributed by atoms with E-state index in [0.29, 0.717) is 37.0 Å². The first-order valence-corrected chi connectivity index (χ1v) is 8.92. The number of carbonyl (C=O) groups is 1. The minimum absolute atomic E-state index is 0.0541. The van der Waals surface area contributed by atoms with Crippen LogP contribution in [-0.4, -0.2) is 67.5 Å². The molecule has 2 aromatic rings. The molecule has 0 spiro atoms. The number of ether oxygens (including phenoxy) is 4. The van der Waals surface area contributed by atoms with Crippen LogP contribution in [0, 0.1) is 0 Å². The molecule has 2 aliphatic heterocycles. The molecule has 2 atom stereocenters. The van der Waals surface area contributed by atoms with Crippen LogP contribution in [0.25, 0.3) is 0 Å². The second-order valence-electron chi connectivity index (χ2n) is 6.63. The van der Waals surface area contributed by atoms with Crippen LogP contribution in [0.4, 0.5) is 10.6 Å². The van der Waals surface area contributed by atoms with Crippen LogP contribution in [0.15, 0.2) is 30.6 Å². The van der Waals surface area contributed by atoms with Gasteiger partial charge in [0.1, 0.15) is 18.2 Å². The van der Waals surface area contributed by atoms with E-state index in [0.717, 1.165) is 11.4 Å². The highest BCUT2D eigenvalue weighted by Gasteiger charge is 2.48. The molecule has 0 N–H and O–H groups in total. The van der Waals surface area contributed by atoms with Crippen LogP contribution in [0.2, 0.25) is 0 Å². The maximum atomic E-state index is 12.4. The Morgan fingerprint density at radius 1 is 1.07 bits per heavy atom. The Kier molecular flexibility index (Phi) is 4.81. The Hall–Kier alpha value is -3.23. The summed E-state index contributed by atoms with van der Waals surface area (Å²) in [6.07, 6.45) is 0.966. The number of rotatable bonds is 6. The largest absolute Gasteiger partial charge is 0.493 e. The third kappa shape index (κ3) is 3.23. The van der Waals surface area contributed by atoms with Gasteiger partial charge in [0.25, 0.3) is 0 Å². The van der Waals surface area contributed by atoms with Crippen LogP contribution >= 0.6 is 0 Å². The summed E-state index contributed by atoms with van der Waals surface area (Å²) >= 11 is 0. The summed E-state index contributed by atoms with van der Waals surface area (Å²) in [6.45, 7) is 1.64. The minimum Gasteiger partial charge on any atom is -0.493 e. The molecule has 1 amide bonds. The first-order valence-electron chi connectivity index (χ1n) is 8.92. The molecule has 4 rings (SSSR count). The molecular weight excluding hydrogens is 364 g/mol. The summed E-state index contributed by atoms with van der Waals surface area (Å²) in [5.74, 6) is 2.53. The van der Waals surface area contributed by atoms with E-state index in [1.165, 1.54) is 6.33 Å². The lowest BCUT2D eigenvalue weighted by Crippen LogP contribution is -2.37. The molecule has 9 heteroatoms. The van der Waals surface area contributed by atoms with Crippen molar-refractivity contribution in [2.75, 3.05) is 39.3 Å². The van der Waals surface area contributed by atoms with E-state index in [2.05, 4.69) is 14.9 Å². The van der Waals surface area contributed by atoms with Gasteiger partial charge < -0.3 is 23.8 Å². The van der Waals surface area contributed by atoms with Crippen LogP contribution in [-0.2, 0) is 11.3 Å². The normalized spacial score (nSPS) is 20.8. The van der Waals surface area contributed by atoms with E-state index in [1.807, 2.05) is 18.2 Å². The number of hydrogen-bond donors (Lipinski definition) is 0. The number of benzene rings is 1. The molecule has 0 unspecified atom stereocenters. The lowest BCUT2D eigenvalue weighted by Gasteiger charge is -2.23. The van der Waals surface area contributed by atoms with Gasteiger partial charge in [0, 0.05) is 19.2 Å². The Morgan fingerprint density at radius 2 is 1.89 bits per heavy atom. The fraction of sp³-hybridized carbons (Fsp3) is 0.421. The first kappa shape index (κ1) is 18.1. The zero-order valence-corrected chi connectivity index (χ0v) is 16.0. The molecule has 28 heavy (non-hydrogen) atoms. The molecule has 9 nitrogen and oxygen atoms in total. The van der Waals surface area contributed by atoms with E-state index in [4.69, 9.17) is 18.9 Å². The van der Waals surface area contributed by atoms with Gasteiger partial charge >= 0.3 is 6.09 Å². The number of anilines is 1. The van der Waals surface area contributed by atoms with Crippen molar-refractivity contribution < 1.29 is 23.7 Å². The second-order valence-corrected chi connectivity index (χ2v) is 6.63. The zero-order chi connectivity index (χ0) is 19.7. The van der Waals surface area contributed by atoms with Crippen LogP contribution in [0.1, 0.15) is 5.56 Å². The van der Waals surface area contributed by atoms with E-state index in [1.54, 1.807) is 32.3 Å². The Labute approximate surface area is 162 Å². The van der Waals surface area contributed by atoms with Gasteiger partial charge in [-0.05, 0) is 17.7 Å². The lowest BCUT2D eigenvalue weighted by molar-refractivity contribution is 0.135. The molecule has 148 valence electrons. The van der Waals surface area contributed by atoms with E-state index < -0.39 is 0 Å². The van der Waals surface area contributed by atoms with Gasteiger partial charge in [-0.2, -0.15) is 0 Å². The maximum absolute atomic E-state index is 12.4. The molecule has 1 aromatic carbocycles. The molecule has 2 aliphatic rings. The summed E-state index contributed by atoms with van der Waals surface area (Å²) in [4.78, 5) is 24.6. The maximum Gasteiger partial charge on any atom is 0.410 e. The molecule has 2 saturated heterocycles. The van der Waals surface area contributed by atoms with Crippen molar-refractivity contribution in [3.05, 3.63) is 36.2 Å². The molecule has 3 heterocycles. The summed E-state index contributed by atoms with van der Waals surface area (Å²) in [5.41, 5.74) is 0.942. The second kappa shape index (κ2) is 7.41. The smallest absolute Gasteiger partial charge is 0.410 e. The van der Waals surface area contributed by atoms with E-state index in [9.17, 15) is 4.79 Å². The number of amides is 1. The molecule has 0 aliphatic carbocycles. The topological polar surface area (TPSA) is 86.3 Å². The number of aromatic nitrogens is 2. The van der Waals surface area contributed by atoms with Crippen molar-refractivity contribution in [3.63, 3.8) is 0 Å². The van der Waals surface area contributed by atoms with Crippen molar-refractivity contribution in [3.8, 4) is 17.4 Å². The van der Waals surface area contributed by atoms with Gasteiger partial charge in [0.2, 0.25) is 5.88 Å². The third-order valence-corrected chi connectivity index (χ3v) is 5.09. The standard InChI is InChI=1S/C19H22N4O5/c1-25-14-5-4-12(6-15(14)26-2)8-23-13-9-22(10-16(13)28-19(23)24)17-7-18(27-3)21-11-20-17/h4-7,11,13,16H,8-10H2,1-3H3/t13-,16+/m0/s1. The van der Waals surface area contributed by atoms with Crippen molar-refractivity contribution in [1.29, 1.82) is 0 Å². The van der Waals surface area contributed by atoms with Crippen molar-refractivity contribution >= 4 is 11.9 Å². The van der Waals surface area contributed by atoms with Gasteiger partial charge in [-0.1, -0.05) is 6.07 Å². The van der Waals surface area contributed by atoms with Crippen molar-refractivity contribution in [1.82, 2.24) is 14.9 Å². The van der Waals surface area contributed by atoms with Crippen LogP contribution in [0.3, 0.4) is 0 Å². The van der Waals surface area contributed by atoms with Gasteiger partial charge in [-0.25, -0.2) is 14.8 Å². The average Bonchev–Trinajstić information content (AvgIpc) is 3.26. The quantitative estimate of drug-likeness (QED) is 0.742. The van der Waals surface area contributed by atoms with Crippen molar-refractivity contribution in [2.45, 2.75) is 18.7 Å². The highest BCUT2D eigenvalue weighted by molar-refractivity contribution is 5.72. The van der Waals surface area contributed by atoms with Gasteiger partial charge in [-0.15, -0.1) is 0 Å². The minimum atomic E-state index is -0.301. The number of hydrogen-bond acceptors (Lipinski definition) is 8. The predicted octanol–water partition coefficient (Wildman–Crippen LogP) is 1.71. The fourth-order valence-corrected chi connectivity index (χ4v) is 3.66. The first-order chi connectivity index (χ1) is 13.6. The molecular formula is C19H22N4O5. The predicted molar refractivity (Wildman–Crippen MR) is 99.9 cm³/mol. The molecule has 2 fully saturated rings. The molecule has 0 radical (unpaired) electrons. The summed E-state index contributed by atoms with van der Waals surface area (Å²) in [5, 5.41) is 0. The fourth-order valence-electron chi connectivity index (χ4n) is 3.66.